The standard InChI is InChI=1S/C7H4BrCl2FO2S/c8-5-2-1-4(3-14(10,12)13)6(9)7(5)11/h1-2H,3H2. The normalized spacial score (nSPS) is 11.7. The maximum Gasteiger partial charge on any atom is 0.236 e. The minimum atomic E-state index is -3.72. The summed E-state index contributed by atoms with van der Waals surface area (Å²) >= 11 is 8.49. The first-order valence-corrected chi connectivity index (χ1v) is 7.01. The topological polar surface area (TPSA) is 34.1 Å². The molecule has 1 rings (SSSR count). The van der Waals surface area contributed by atoms with Gasteiger partial charge in [-0.2, -0.15) is 0 Å². The third-order valence-corrected chi connectivity index (χ3v) is 3.45. The summed E-state index contributed by atoms with van der Waals surface area (Å²) in [6, 6.07) is 2.77. The number of rotatable bonds is 2. The fourth-order valence-corrected chi connectivity index (χ4v) is 2.58. The van der Waals surface area contributed by atoms with E-state index in [1.807, 2.05) is 0 Å². The molecule has 0 unspecified atom stereocenters. The van der Waals surface area contributed by atoms with Gasteiger partial charge in [0.25, 0.3) is 0 Å². The lowest BCUT2D eigenvalue weighted by molar-refractivity contribution is 0.607. The molecule has 0 bridgehead atoms. The molecular formula is C7H4BrCl2FO2S. The van der Waals surface area contributed by atoms with Gasteiger partial charge in [0.2, 0.25) is 9.05 Å². The molecule has 2 nitrogen and oxygen atoms in total. The molecule has 0 aliphatic heterocycles. The van der Waals surface area contributed by atoms with E-state index < -0.39 is 20.6 Å². The van der Waals surface area contributed by atoms with Crippen LogP contribution in [0.5, 0.6) is 0 Å². The van der Waals surface area contributed by atoms with Gasteiger partial charge in [0.05, 0.1) is 15.2 Å². The van der Waals surface area contributed by atoms with E-state index in [1.54, 1.807) is 0 Å². The SMILES string of the molecule is O=S(=O)(Cl)Cc1ccc(Br)c(F)c1Cl. The Labute approximate surface area is 98.6 Å². The Balaban J connectivity index is 3.19. The first-order chi connectivity index (χ1) is 6.31. The summed E-state index contributed by atoms with van der Waals surface area (Å²) in [6.45, 7) is 0. The van der Waals surface area contributed by atoms with Crippen molar-refractivity contribution in [2.24, 2.45) is 0 Å². The van der Waals surface area contributed by atoms with Crippen LogP contribution >= 0.6 is 38.2 Å². The van der Waals surface area contributed by atoms with Crippen molar-refractivity contribution in [3.05, 3.63) is 33.0 Å². The van der Waals surface area contributed by atoms with Crippen LogP contribution in [0.1, 0.15) is 5.56 Å². The Morgan fingerprint density at radius 2 is 2.00 bits per heavy atom. The average molecular weight is 322 g/mol. The lowest BCUT2D eigenvalue weighted by Gasteiger charge is -2.03. The fourth-order valence-electron chi connectivity index (χ4n) is 0.863. The summed E-state index contributed by atoms with van der Waals surface area (Å²) in [6.07, 6.45) is 0. The molecule has 0 heterocycles. The monoisotopic (exact) mass is 320 g/mol. The van der Waals surface area contributed by atoms with E-state index in [4.69, 9.17) is 22.3 Å². The highest BCUT2D eigenvalue weighted by atomic mass is 79.9. The molecule has 1 aromatic rings. The summed E-state index contributed by atoms with van der Waals surface area (Å²) in [4.78, 5) is 0. The third kappa shape index (κ3) is 3.08. The minimum Gasteiger partial charge on any atom is -0.212 e. The molecule has 0 aliphatic carbocycles. The van der Waals surface area contributed by atoms with Crippen LogP contribution in [-0.4, -0.2) is 8.42 Å². The van der Waals surface area contributed by atoms with Gasteiger partial charge in [-0.05, 0) is 27.6 Å². The predicted octanol–water partition coefficient (Wildman–Crippen LogP) is 3.31. The lowest BCUT2D eigenvalue weighted by atomic mass is 10.2. The second-order valence-corrected chi connectivity index (χ2v) is 6.53. The van der Waals surface area contributed by atoms with E-state index in [0.717, 1.165) is 0 Å². The van der Waals surface area contributed by atoms with Gasteiger partial charge in [-0.3, -0.25) is 0 Å². The molecular weight excluding hydrogens is 318 g/mol. The molecule has 0 radical (unpaired) electrons. The van der Waals surface area contributed by atoms with Gasteiger partial charge >= 0.3 is 0 Å². The zero-order valence-electron chi connectivity index (χ0n) is 6.60. The highest BCUT2D eigenvalue weighted by molar-refractivity contribution is 9.10. The quantitative estimate of drug-likeness (QED) is 0.618. The second kappa shape index (κ2) is 4.35. The van der Waals surface area contributed by atoms with Gasteiger partial charge in [-0.25, -0.2) is 12.8 Å². The van der Waals surface area contributed by atoms with Crippen LogP contribution in [0.2, 0.25) is 5.02 Å². The molecule has 0 N–H and O–H groups in total. The first-order valence-electron chi connectivity index (χ1n) is 3.36. The van der Waals surface area contributed by atoms with Crippen LogP contribution in [0.4, 0.5) is 4.39 Å². The van der Waals surface area contributed by atoms with E-state index >= 15 is 0 Å². The van der Waals surface area contributed by atoms with Crippen molar-refractivity contribution in [3.8, 4) is 0 Å². The maximum absolute atomic E-state index is 13.1. The van der Waals surface area contributed by atoms with Crippen LogP contribution in [-0.2, 0) is 14.8 Å². The first kappa shape index (κ1) is 12.2. The zero-order valence-corrected chi connectivity index (χ0v) is 10.5. The molecule has 0 saturated heterocycles. The Morgan fingerprint density at radius 1 is 1.43 bits per heavy atom. The van der Waals surface area contributed by atoms with E-state index in [0.29, 0.717) is 0 Å². The van der Waals surface area contributed by atoms with E-state index in [9.17, 15) is 12.8 Å². The van der Waals surface area contributed by atoms with Gasteiger partial charge in [0.15, 0.2) is 5.82 Å². The summed E-state index contributed by atoms with van der Waals surface area (Å²) in [5.74, 6) is -1.18. The van der Waals surface area contributed by atoms with Crippen LogP contribution in [0.25, 0.3) is 0 Å². The molecule has 0 fully saturated rings. The fraction of sp³-hybridized carbons (Fsp3) is 0.143. The lowest BCUT2D eigenvalue weighted by Crippen LogP contribution is -1.97. The van der Waals surface area contributed by atoms with E-state index in [-0.39, 0.29) is 15.1 Å². The van der Waals surface area contributed by atoms with Gasteiger partial charge in [0, 0.05) is 10.7 Å². The van der Waals surface area contributed by atoms with Crippen molar-refractivity contribution < 1.29 is 12.8 Å². The number of hydrogen-bond acceptors (Lipinski definition) is 2. The Hall–Kier alpha value is 0.160. The maximum atomic E-state index is 13.1. The third-order valence-electron chi connectivity index (χ3n) is 1.44. The van der Waals surface area contributed by atoms with Crippen molar-refractivity contribution in [1.82, 2.24) is 0 Å². The Morgan fingerprint density at radius 3 is 2.50 bits per heavy atom. The summed E-state index contributed by atoms with van der Waals surface area (Å²) in [5, 5.41) is -0.233. The van der Waals surface area contributed by atoms with Crippen LogP contribution in [0.15, 0.2) is 16.6 Å². The summed E-state index contributed by atoms with van der Waals surface area (Å²) < 4.78 is 34.8. The zero-order chi connectivity index (χ0) is 10.9. The van der Waals surface area contributed by atoms with E-state index in [2.05, 4.69) is 15.9 Å². The van der Waals surface area contributed by atoms with Crippen molar-refractivity contribution in [2.45, 2.75) is 5.75 Å². The van der Waals surface area contributed by atoms with Gasteiger partial charge in [-0.1, -0.05) is 17.7 Å². The van der Waals surface area contributed by atoms with Crippen molar-refractivity contribution in [1.29, 1.82) is 0 Å². The number of halogens is 4. The van der Waals surface area contributed by atoms with Crippen LogP contribution in [0, 0.1) is 5.82 Å². The number of hydrogen-bond donors (Lipinski definition) is 0. The van der Waals surface area contributed by atoms with Gasteiger partial charge in [0.1, 0.15) is 0 Å². The minimum absolute atomic E-state index is 0.141. The van der Waals surface area contributed by atoms with Gasteiger partial charge < -0.3 is 0 Å². The molecule has 0 aromatic heterocycles. The number of benzene rings is 1. The van der Waals surface area contributed by atoms with Crippen molar-refractivity contribution >= 4 is 47.3 Å². The van der Waals surface area contributed by atoms with Crippen molar-refractivity contribution in [2.75, 3.05) is 0 Å². The molecule has 0 amide bonds. The molecule has 7 heteroatoms. The molecule has 0 aliphatic rings. The molecule has 1 aromatic carbocycles. The Bertz CT molecular complexity index is 461. The molecule has 14 heavy (non-hydrogen) atoms. The Kier molecular flexibility index (Phi) is 3.80. The summed E-state index contributed by atoms with van der Waals surface area (Å²) in [7, 11) is 1.29. The van der Waals surface area contributed by atoms with E-state index in [1.165, 1.54) is 12.1 Å². The molecule has 78 valence electrons. The summed E-state index contributed by atoms with van der Waals surface area (Å²) in [5.41, 5.74) is 0.141. The molecule has 0 atom stereocenters. The predicted molar refractivity (Wildman–Crippen MR) is 57.6 cm³/mol. The smallest absolute Gasteiger partial charge is 0.212 e. The van der Waals surface area contributed by atoms with Crippen LogP contribution < -0.4 is 0 Å². The van der Waals surface area contributed by atoms with Crippen molar-refractivity contribution in [3.63, 3.8) is 0 Å². The average Bonchev–Trinajstić information content (AvgIpc) is 2.04. The second-order valence-electron chi connectivity index (χ2n) is 2.52. The highest BCUT2D eigenvalue weighted by Crippen LogP contribution is 2.28. The highest BCUT2D eigenvalue weighted by Gasteiger charge is 2.15. The molecule has 0 saturated carbocycles. The van der Waals surface area contributed by atoms with Crippen LogP contribution in [0.3, 0.4) is 0 Å². The molecule has 0 spiro atoms. The van der Waals surface area contributed by atoms with Gasteiger partial charge in [-0.15, -0.1) is 0 Å². The largest absolute Gasteiger partial charge is 0.236 e.